The summed E-state index contributed by atoms with van der Waals surface area (Å²) in [6.45, 7) is 4.32. The third-order valence-electron chi connectivity index (χ3n) is 8.54. The summed E-state index contributed by atoms with van der Waals surface area (Å²) < 4.78 is 36.6. The Kier molecular flexibility index (Phi) is 9.66. The molecule has 1 aromatic heterocycles. The summed E-state index contributed by atoms with van der Waals surface area (Å²) in [6.07, 6.45) is 2.58. The number of hydrogen-bond donors (Lipinski definition) is 1. The summed E-state index contributed by atoms with van der Waals surface area (Å²) in [4.78, 5) is 42.0. The molecule has 2 atom stereocenters. The molecule has 2 aliphatic rings. The summed E-state index contributed by atoms with van der Waals surface area (Å²) in [5.41, 5.74) is 1.49. The van der Waals surface area contributed by atoms with Crippen molar-refractivity contribution < 1.29 is 27.9 Å². The zero-order valence-corrected chi connectivity index (χ0v) is 25.2. The second kappa shape index (κ2) is 13.4. The summed E-state index contributed by atoms with van der Waals surface area (Å²) in [5.74, 6) is -1.71. The lowest BCUT2D eigenvalue weighted by atomic mass is 9.96. The summed E-state index contributed by atoms with van der Waals surface area (Å²) >= 11 is 6.43. The van der Waals surface area contributed by atoms with Crippen LogP contribution in [-0.4, -0.2) is 77.2 Å². The lowest BCUT2D eigenvalue weighted by Crippen LogP contribution is -2.41. The fraction of sp³-hybridized carbons (Fsp3) is 0.469. The highest BCUT2D eigenvalue weighted by Crippen LogP contribution is 2.30. The van der Waals surface area contributed by atoms with E-state index in [2.05, 4.69) is 10.2 Å². The molecule has 0 bridgehead atoms. The van der Waals surface area contributed by atoms with E-state index in [1.165, 1.54) is 11.0 Å². The average Bonchev–Trinajstić information content (AvgIpc) is 3.54. The van der Waals surface area contributed by atoms with Crippen LogP contribution in [0.25, 0.3) is 10.9 Å². The van der Waals surface area contributed by atoms with E-state index in [-0.39, 0.29) is 59.5 Å². The fourth-order valence-corrected chi connectivity index (χ4v) is 6.45. The Morgan fingerprint density at radius 1 is 1.14 bits per heavy atom. The van der Waals surface area contributed by atoms with Gasteiger partial charge >= 0.3 is 5.97 Å². The number of carbonyl (C=O) groups is 3. The normalized spacial score (nSPS) is 19.6. The summed E-state index contributed by atoms with van der Waals surface area (Å²) in [6, 6.07) is 9.63. The van der Waals surface area contributed by atoms with Crippen molar-refractivity contribution in [3.63, 3.8) is 0 Å². The highest BCUT2D eigenvalue weighted by molar-refractivity contribution is 6.34. The number of nitrogens with one attached hydrogen (secondary N) is 1. The molecule has 3 aromatic rings. The SMILES string of the molecule is CCOC(=O)C1CCN(CC[C@@H]2C[C@H](F)CN2C(=O)Cc2cc(Cl)c(NC(=O)c3cn(C)c4ccccc34)cc2F)CC1. The van der Waals surface area contributed by atoms with Crippen LogP contribution in [0.5, 0.6) is 0 Å². The van der Waals surface area contributed by atoms with Crippen LogP contribution in [0.4, 0.5) is 14.5 Å². The number of halogens is 3. The maximum Gasteiger partial charge on any atom is 0.309 e. The average molecular weight is 615 g/mol. The van der Waals surface area contributed by atoms with Crippen molar-refractivity contribution in [2.75, 3.05) is 38.1 Å². The second-order valence-corrected chi connectivity index (χ2v) is 11.8. The molecule has 2 amide bonds. The number of benzene rings is 2. The molecule has 0 saturated carbocycles. The quantitative estimate of drug-likeness (QED) is 0.328. The predicted molar refractivity (Wildman–Crippen MR) is 161 cm³/mol. The molecule has 8 nitrogen and oxygen atoms in total. The summed E-state index contributed by atoms with van der Waals surface area (Å²) in [7, 11) is 1.84. The van der Waals surface area contributed by atoms with Gasteiger partial charge in [-0.2, -0.15) is 0 Å². The lowest BCUT2D eigenvalue weighted by molar-refractivity contribution is -0.149. The molecule has 0 aliphatic carbocycles. The van der Waals surface area contributed by atoms with Crippen molar-refractivity contribution in [1.29, 1.82) is 0 Å². The number of aryl methyl sites for hydroxylation is 1. The zero-order valence-electron chi connectivity index (χ0n) is 24.5. The topological polar surface area (TPSA) is 83.9 Å². The Bertz CT molecular complexity index is 1500. The summed E-state index contributed by atoms with van der Waals surface area (Å²) in [5, 5.41) is 3.55. The number of likely N-dealkylation sites (tertiary alicyclic amines) is 2. The second-order valence-electron chi connectivity index (χ2n) is 11.4. The number of esters is 1. The van der Waals surface area contributed by atoms with Gasteiger partial charge in [-0.15, -0.1) is 0 Å². The number of ether oxygens (including phenoxy) is 1. The number of nitrogens with zero attached hydrogens (tertiary/aromatic N) is 3. The van der Waals surface area contributed by atoms with Crippen LogP contribution in [0.1, 0.15) is 48.5 Å². The molecule has 230 valence electrons. The minimum Gasteiger partial charge on any atom is -0.466 e. The predicted octanol–water partition coefficient (Wildman–Crippen LogP) is 5.37. The van der Waals surface area contributed by atoms with Crippen LogP contribution in [0, 0.1) is 11.7 Å². The van der Waals surface area contributed by atoms with Crippen LogP contribution in [-0.2, 0) is 27.8 Å². The minimum absolute atomic E-state index is 0.0248. The van der Waals surface area contributed by atoms with E-state index in [0.717, 1.165) is 42.9 Å². The number of anilines is 1. The molecule has 1 N–H and O–H groups in total. The van der Waals surface area contributed by atoms with E-state index in [9.17, 15) is 18.8 Å². The maximum atomic E-state index is 15.2. The van der Waals surface area contributed by atoms with Gasteiger partial charge in [-0.3, -0.25) is 14.4 Å². The van der Waals surface area contributed by atoms with Gasteiger partial charge in [0.1, 0.15) is 12.0 Å². The number of hydrogen-bond acceptors (Lipinski definition) is 5. The van der Waals surface area contributed by atoms with Crippen LogP contribution < -0.4 is 5.32 Å². The third kappa shape index (κ3) is 7.02. The molecule has 2 fully saturated rings. The number of carbonyl (C=O) groups excluding carboxylic acids is 3. The van der Waals surface area contributed by atoms with E-state index >= 15 is 4.39 Å². The number of para-hydroxylation sites is 1. The van der Waals surface area contributed by atoms with Gasteiger partial charge in [0.05, 0.1) is 41.8 Å². The standard InChI is InChI=1S/C32H37ClF2N4O4/c1-3-43-32(42)20-8-11-38(12-9-20)13-10-23-16-22(34)18-39(23)30(40)15-21-14-26(33)28(17-27(21)35)36-31(41)25-19-37(2)29-7-5-4-6-24(25)29/h4-7,14,17,19-20,22-23H,3,8-13,15-16,18H2,1-2H3,(H,36,41)/t22-,23+/m0/s1. The number of amides is 2. The number of rotatable bonds is 9. The molecule has 11 heteroatoms. The number of aromatic nitrogens is 1. The van der Waals surface area contributed by atoms with Gasteiger partial charge in [-0.05, 0) is 63.0 Å². The highest BCUT2D eigenvalue weighted by Gasteiger charge is 2.36. The van der Waals surface area contributed by atoms with E-state index in [1.54, 1.807) is 13.1 Å². The van der Waals surface area contributed by atoms with Crippen molar-refractivity contribution in [2.45, 2.75) is 51.2 Å². The van der Waals surface area contributed by atoms with Crippen molar-refractivity contribution in [3.05, 3.63) is 64.6 Å². The minimum atomic E-state index is -1.14. The lowest BCUT2D eigenvalue weighted by Gasteiger charge is -2.32. The molecular formula is C32H37ClF2N4O4. The first kappa shape index (κ1) is 30.9. The molecule has 0 unspecified atom stereocenters. The molecule has 5 rings (SSSR count). The number of alkyl halides is 1. The molecule has 0 spiro atoms. The maximum absolute atomic E-state index is 15.2. The largest absolute Gasteiger partial charge is 0.466 e. The Morgan fingerprint density at radius 2 is 1.88 bits per heavy atom. The Labute approximate surface area is 254 Å². The van der Waals surface area contributed by atoms with Crippen molar-refractivity contribution >= 4 is 46.0 Å². The third-order valence-corrected chi connectivity index (χ3v) is 8.85. The van der Waals surface area contributed by atoms with Gasteiger partial charge in [0.2, 0.25) is 5.91 Å². The van der Waals surface area contributed by atoms with E-state index in [4.69, 9.17) is 16.3 Å². The van der Waals surface area contributed by atoms with Gasteiger partial charge in [-0.1, -0.05) is 29.8 Å². The van der Waals surface area contributed by atoms with Crippen LogP contribution >= 0.6 is 11.6 Å². The van der Waals surface area contributed by atoms with Crippen LogP contribution in [0.3, 0.4) is 0 Å². The van der Waals surface area contributed by atoms with Crippen molar-refractivity contribution in [3.8, 4) is 0 Å². The van der Waals surface area contributed by atoms with E-state index in [1.807, 2.05) is 35.9 Å². The number of piperidine rings is 1. The highest BCUT2D eigenvalue weighted by atomic mass is 35.5. The van der Waals surface area contributed by atoms with E-state index in [0.29, 0.717) is 25.1 Å². The first-order chi connectivity index (χ1) is 20.6. The Hall–Kier alpha value is -3.50. The smallest absolute Gasteiger partial charge is 0.309 e. The van der Waals surface area contributed by atoms with Gasteiger partial charge < -0.3 is 24.4 Å². The number of fused-ring (bicyclic) bond motifs is 1. The van der Waals surface area contributed by atoms with E-state index < -0.39 is 17.9 Å². The van der Waals surface area contributed by atoms with Gasteiger partial charge in [0.15, 0.2) is 0 Å². The molecule has 2 saturated heterocycles. The molecular weight excluding hydrogens is 578 g/mol. The molecule has 0 radical (unpaired) electrons. The zero-order chi connectivity index (χ0) is 30.7. The van der Waals surface area contributed by atoms with Gasteiger partial charge in [-0.25, -0.2) is 8.78 Å². The first-order valence-electron chi connectivity index (χ1n) is 14.8. The van der Waals surface area contributed by atoms with Crippen molar-refractivity contribution in [1.82, 2.24) is 14.4 Å². The van der Waals surface area contributed by atoms with Crippen molar-refractivity contribution in [2.24, 2.45) is 13.0 Å². The first-order valence-corrected chi connectivity index (χ1v) is 15.2. The Balaban J connectivity index is 1.19. The fourth-order valence-electron chi connectivity index (χ4n) is 6.22. The van der Waals surface area contributed by atoms with Crippen LogP contribution in [0.2, 0.25) is 5.02 Å². The monoisotopic (exact) mass is 614 g/mol. The molecule has 2 aromatic carbocycles. The Morgan fingerprint density at radius 3 is 2.63 bits per heavy atom. The molecule has 2 aliphatic heterocycles. The molecule has 3 heterocycles. The van der Waals surface area contributed by atoms with Gasteiger partial charge in [0, 0.05) is 43.2 Å². The molecule has 43 heavy (non-hydrogen) atoms. The van der Waals surface area contributed by atoms with Gasteiger partial charge in [0.25, 0.3) is 5.91 Å². The van der Waals surface area contributed by atoms with Crippen LogP contribution in [0.15, 0.2) is 42.6 Å².